The van der Waals surface area contributed by atoms with Crippen LogP contribution in [0.25, 0.3) is 11.3 Å². The van der Waals surface area contributed by atoms with Crippen molar-refractivity contribution in [3.63, 3.8) is 0 Å². The number of hydrogen-bond acceptors (Lipinski definition) is 3. The predicted octanol–water partition coefficient (Wildman–Crippen LogP) is 3.70. The molecule has 0 radical (unpaired) electrons. The summed E-state index contributed by atoms with van der Waals surface area (Å²) in [5, 5.41) is 20.1. The highest BCUT2D eigenvalue weighted by Gasteiger charge is 2.07. The topological polar surface area (TPSA) is 60.9 Å². The zero-order valence-corrected chi connectivity index (χ0v) is 11.8. The number of anilines is 1. The van der Waals surface area contributed by atoms with Gasteiger partial charge in [0.2, 0.25) is 0 Å². The maximum absolute atomic E-state index is 9.55. The summed E-state index contributed by atoms with van der Waals surface area (Å²) in [6, 6.07) is 15.6. The van der Waals surface area contributed by atoms with E-state index in [9.17, 15) is 5.11 Å². The zero-order valence-electron chi connectivity index (χ0n) is 11.8. The van der Waals surface area contributed by atoms with Gasteiger partial charge in [-0.15, -0.1) is 0 Å². The molecular weight excluding hydrogens is 262 g/mol. The Morgan fingerprint density at radius 2 is 1.95 bits per heavy atom. The lowest BCUT2D eigenvalue weighted by molar-refractivity contribution is 0.471. The first kappa shape index (κ1) is 13.2. The molecule has 0 saturated carbocycles. The van der Waals surface area contributed by atoms with Gasteiger partial charge in [0, 0.05) is 17.8 Å². The van der Waals surface area contributed by atoms with Crippen LogP contribution >= 0.6 is 0 Å². The quantitative estimate of drug-likeness (QED) is 0.638. The first-order valence-electron chi connectivity index (χ1n) is 6.85. The van der Waals surface area contributed by atoms with Gasteiger partial charge >= 0.3 is 0 Å². The van der Waals surface area contributed by atoms with Gasteiger partial charge in [-0.1, -0.05) is 30.3 Å². The molecule has 0 aliphatic heterocycles. The van der Waals surface area contributed by atoms with Crippen LogP contribution in [0.15, 0.2) is 54.7 Å². The van der Waals surface area contributed by atoms with Crippen LogP contribution in [0.3, 0.4) is 0 Å². The molecule has 0 bridgehead atoms. The molecule has 0 amide bonds. The number of phenolic OH excluding ortho intramolecular Hbond substituents is 1. The zero-order chi connectivity index (χ0) is 14.7. The Labute approximate surface area is 123 Å². The Morgan fingerprint density at radius 1 is 1.14 bits per heavy atom. The van der Waals surface area contributed by atoms with E-state index in [4.69, 9.17) is 0 Å². The third kappa shape index (κ3) is 2.89. The minimum atomic E-state index is 0.314. The molecular formula is C17H17N3O. The number of aromatic amines is 1. The van der Waals surface area contributed by atoms with Gasteiger partial charge in [-0.05, 0) is 36.2 Å². The van der Waals surface area contributed by atoms with Crippen molar-refractivity contribution in [2.45, 2.75) is 13.5 Å². The number of aryl methyl sites for hydroxylation is 1. The fourth-order valence-corrected chi connectivity index (χ4v) is 2.26. The first-order chi connectivity index (χ1) is 10.2. The van der Waals surface area contributed by atoms with Crippen molar-refractivity contribution in [2.75, 3.05) is 5.32 Å². The Bertz CT molecular complexity index is 735. The van der Waals surface area contributed by atoms with E-state index in [1.54, 1.807) is 6.07 Å². The molecule has 0 unspecified atom stereocenters. The fourth-order valence-electron chi connectivity index (χ4n) is 2.26. The number of phenols is 1. The number of aromatic hydroxyl groups is 1. The van der Waals surface area contributed by atoms with Crippen molar-refractivity contribution in [1.29, 1.82) is 0 Å². The average Bonchev–Trinajstić information content (AvgIpc) is 2.98. The minimum absolute atomic E-state index is 0.314. The summed E-state index contributed by atoms with van der Waals surface area (Å²) in [5.41, 5.74) is 5.08. The van der Waals surface area contributed by atoms with E-state index >= 15 is 0 Å². The second-order valence-corrected chi connectivity index (χ2v) is 4.99. The van der Waals surface area contributed by atoms with Crippen molar-refractivity contribution in [2.24, 2.45) is 0 Å². The van der Waals surface area contributed by atoms with Gasteiger partial charge < -0.3 is 10.4 Å². The van der Waals surface area contributed by atoms with E-state index in [-0.39, 0.29) is 0 Å². The molecule has 4 nitrogen and oxygen atoms in total. The number of rotatable bonds is 4. The number of nitrogens with one attached hydrogen (secondary N) is 2. The van der Waals surface area contributed by atoms with Gasteiger partial charge in [0.1, 0.15) is 5.75 Å². The number of aromatic nitrogens is 2. The van der Waals surface area contributed by atoms with Crippen LogP contribution < -0.4 is 5.32 Å². The summed E-state index contributed by atoms with van der Waals surface area (Å²) >= 11 is 0. The van der Waals surface area contributed by atoms with Crippen molar-refractivity contribution in [3.05, 3.63) is 65.9 Å². The Kier molecular flexibility index (Phi) is 3.60. The number of H-pyrrole nitrogens is 1. The maximum Gasteiger partial charge on any atom is 0.118 e. The highest BCUT2D eigenvalue weighted by molar-refractivity contribution is 5.63. The van der Waals surface area contributed by atoms with E-state index < -0.39 is 0 Å². The van der Waals surface area contributed by atoms with Gasteiger partial charge in [-0.2, -0.15) is 5.10 Å². The van der Waals surface area contributed by atoms with Crippen LogP contribution in [0.2, 0.25) is 0 Å². The summed E-state index contributed by atoms with van der Waals surface area (Å²) in [7, 11) is 0. The smallest absolute Gasteiger partial charge is 0.118 e. The minimum Gasteiger partial charge on any atom is -0.508 e. The third-order valence-corrected chi connectivity index (χ3v) is 3.46. The molecule has 21 heavy (non-hydrogen) atoms. The number of hydrogen-bond donors (Lipinski definition) is 3. The fraction of sp³-hybridized carbons (Fsp3) is 0.118. The summed E-state index contributed by atoms with van der Waals surface area (Å²) in [6.07, 6.45) is 1.84. The highest BCUT2D eigenvalue weighted by Crippen LogP contribution is 2.23. The second-order valence-electron chi connectivity index (χ2n) is 4.99. The molecule has 0 aliphatic rings. The SMILES string of the molecule is Cc1cc(NCc2cn[nH]c2-c2ccccc2)ccc1O. The molecule has 0 fully saturated rings. The van der Waals surface area contributed by atoms with Crippen LogP contribution in [0.5, 0.6) is 5.75 Å². The molecule has 3 aromatic rings. The maximum atomic E-state index is 9.55. The largest absolute Gasteiger partial charge is 0.508 e. The Balaban J connectivity index is 1.77. The van der Waals surface area contributed by atoms with Crippen molar-refractivity contribution >= 4 is 5.69 Å². The third-order valence-electron chi connectivity index (χ3n) is 3.46. The van der Waals surface area contributed by atoms with E-state index in [0.29, 0.717) is 12.3 Å². The van der Waals surface area contributed by atoms with Crippen LogP contribution in [0.4, 0.5) is 5.69 Å². The highest BCUT2D eigenvalue weighted by atomic mass is 16.3. The van der Waals surface area contributed by atoms with E-state index in [1.807, 2.05) is 43.5 Å². The van der Waals surface area contributed by atoms with E-state index in [2.05, 4.69) is 27.6 Å². The monoisotopic (exact) mass is 279 g/mol. The van der Waals surface area contributed by atoms with Crippen molar-refractivity contribution in [1.82, 2.24) is 10.2 Å². The molecule has 4 heteroatoms. The summed E-state index contributed by atoms with van der Waals surface area (Å²) < 4.78 is 0. The average molecular weight is 279 g/mol. The summed E-state index contributed by atoms with van der Waals surface area (Å²) in [6.45, 7) is 2.55. The van der Waals surface area contributed by atoms with Gasteiger partial charge in [-0.3, -0.25) is 5.10 Å². The molecule has 3 rings (SSSR count). The van der Waals surface area contributed by atoms with Crippen molar-refractivity contribution < 1.29 is 5.11 Å². The standard InChI is InChI=1S/C17H17N3O/c1-12-9-15(7-8-16(12)21)18-10-14-11-19-20-17(14)13-5-3-2-4-6-13/h2-9,11,18,21H,10H2,1H3,(H,19,20). The van der Waals surface area contributed by atoms with Crippen LogP contribution in [-0.2, 0) is 6.54 Å². The number of nitrogens with zero attached hydrogens (tertiary/aromatic N) is 1. The van der Waals surface area contributed by atoms with Gasteiger partial charge in [0.05, 0.1) is 11.9 Å². The lowest BCUT2D eigenvalue weighted by Gasteiger charge is -2.08. The predicted molar refractivity (Wildman–Crippen MR) is 84.2 cm³/mol. The first-order valence-corrected chi connectivity index (χ1v) is 6.85. The molecule has 1 aromatic heterocycles. The molecule has 1 heterocycles. The van der Waals surface area contributed by atoms with Crippen LogP contribution in [0, 0.1) is 6.92 Å². The number of benzene rings is 2. The normalized spacial score (nSPS) is 10.5. The Hall–Kier alpha value is -2.75. The molecule has 106 valence electrons. The molecule has 0 spiro atoms. The van der Waals surface area contributed by atoms with Crippen molar-refractivity contribution in [3.8, 4) is 17.0 Å². The van der Waals surface area contributed by atoms with Gasteiger partial charge in [0.15, 0.2) is 0 Å². The molecule has 0 atom stereocenters. The summed E-state index contributed by atoms with van der Waals surface area (Å²) in [5.74, 6) is 0.314. The second kappa shape index (κ2) is 5.71. The van der Waals surface area contributed by atoms with Crippen LogP contribution in [0.1, 0.15) is 11.1 Å². The lowest BCUT2D eigenvalue weighted by Crippen LogP contribution is -2.00. The Morgan fingerprint density at radius 3 is 2.71 bits per heavy atom. The van der Waals surface area contributed by atoms with E-state index in [1.165, 1.54) is 0 Å². The summed E-state index contributed by atoms with van der Waals surface area (Å²) in [4.78, 5) is 0. The lowest BCUT2D eigenvalue weighted by atomic mass is 10.1. The van der Waals surface area contributed by atoms with Gasteiger partial charge in [-0.25, -0.2) is 0 Å². The van der Waals surface area contributed by atoms with Crippen LogP contribution in [-0.4, -0.2) is 15.3 Å². The molecule has 0 saturated heterocycles. The molecule has 2 aromatic carbocycles. The molecule has 3 N–H and O–H groups in total. The van der Waals surface area contributed by atoms with E-state index in [0.717, 1.165) is 28.1 Å². The molecule has 0 aliphatic carbocycles. The van der Waals surface area contributed by atoms with Gasteiger partial charge in [0.25, 0.3) is 0 Å².